The Labute approximate surface area is 118 Å². The third-order valence-corrected chi connectivity index (χ3v) is 5.34. The molecule has 2 rings (SSSR count). The van der Waals surface area contributed by atoms with Crippen molar-refractivity contribution in [2.75, 3.05) is 7.11 Å². The molecule has 0 unspecified atom stereocenters. The molecule has 1 amide bonds. The number of carbonyl (C=O) groups excluding carboxylic acids is 1. The Morgan fingerprint density at radius 1 is 1.58 bits per heavy atom. The summed E-state index contributed by atoms with van der Waals surface area (Å²) in [7, 11) is 1.74. The Bertz CT molecular complexity index is 444. The third-order valence-electron chi connectivity index (χ3n) is 4.71. The van der Waals surface area contributed by atoms with Gasteiger partial charge in [0.2, 0.25) is 5.91 Å². The van der Waals surface area contributed by atoms with Crippen LogP contribution >= 0.6 is 11.3 Å². The van der Waals surface area contributed by atoms with Gasteiger partial charge in [-0.1, -0.05) is 13.8 Å². The quantitative estimate of drug-likeness (QED) is 0.902. The predicted molar refractivity (Wildman–Crippen MR) is 76.2 cm³/mol. The van der Waals surface area contributed by atoms with Crippen molar-refractivity contribution in [3.8, 4) is 0 Å². The molecule has 0 radical (unpaired) electrons. The van der Waals surface area contributed by atoms with Crippen molar-refractivity contribution in [1.82, 2.24) is 10.3 Å². The van der Waals surface area contributed by atoms with Gasteiger partial charge in [-0.05, 0) is 19.8 Å². The summed E-state index contributed by atoms with van der Waals surface area (Å²) in [5.74, 6) is 0.101. The van der Waals surface area contributed by atoms with E-state index in [1.807, 2.05) is 5.38 Å². The summed E-state index contributed by atoms with van der Waals surface area (Å²) in [6.07, 6.45) is 2.09. The summed E-state index contributed by atoms with van der Waals surface area (Å²) >= 11 is 1.56. The Morgan fingerprint density at radius 3 is 2.84 bits per heavy atom. The molecule has 1 aromatic rings. The van der Waals surface area contributed by atoms with Gasteiger partial charge < -0.3 is 10.1 Å². The topological polar surface area (TPSA) is 51.2 Å². The average molecular weight is 282 g/mol. The number of thiazole rings is 1. The zero-order valence-corrected chi connectivity index (χ0v) is 12.8. The average Bonchev–Trinajstić information content (AvgIpc) is 2.88. The van der Waals surface area contributed by atoms with Crippen molar-refractivity contribution in [2.45, 2.75) is 51.7 Å². The number of hydrogen-bond donors (Lipinski definition) is 1. The molecule has 0 saturated heterocycles. The summed E-state index contributed by atoms with van der Waals surface area (Å²) in [4.78, 5) is 16.1. The molecular formula is C14H22N2O2S. The fourth-order valence-electron chi connectivity index (χ4n) is 2.59. The van der Waals surface area contributed by atoms with Gasteiger partial charge >= 0.3 is 0 Å². The van der Waals surface area contributed by atoms with Gasteiger partial charge in [0.1, 0.15) is 0 Å². The number of ether oxygens (including phenoxy) is 1. The molecule has 0 bridgehead atoms. The van der Waals surface area contributed by atoms with Crippen LogP contribution in [0.4, 0.5) is 0 Å². The Kier molecular flexibility index (Phi) is 3.97. The van der Waals surface area contributed by atoms with Gasteiger partial charge in [0.25, 0.3) is 0 Å². The third kappa shape index (κ3) is 2.67. The molecule has 1 heterocycles. The molecule has 1 aliphatic rings. The van der Waals surface area contributed by atoms with Gasteiger partial charge in [0.05, 0.1) is 16.8 Å². The van der Waals surface area contributed by atoms with Gasteiger partial charge in [-0.25, -0.2) is 4.98 Å². The number of amides is 1. The molecular weight excluding hydrogens is 260 g/mol. The fraction of sp³-hybridized carbons (Fsp3) is 0.714. The first-order valence-corrected chi connectivity index (χ1v) is 7.55. The van der Waals surface area contributed by atoms with Crippen LogP contribution in [0, 0.1) is 5.41 Å². The second-order valence-electron chi connectivity index (χ2n) is 5.96. The first-order chi connectivity index (χ1) is 8.89. The van der Waals surface area contributed by atoms with E-state index in [4.69, 9.17) is 4.74 Å². The lowest BCUT2D eigenvalue weighted by Gasteiger charge is -2.59. The van der Waals surface area contributed by atoms with Crippen molar-refractivity contribution >= 4 is 17.2 Å². The van der Waals surface area contributed by atoms with E-state index in [0.29, 0.717) is 12.8 Å². The summed E-state index contributed by atoms with van der Waals surface area (Å²) < 4.78 is 5.56. The lowest BCUT2D eigenvalue weighted by Crippen LogP contribution is -2.68. The zero-order valence-electron chi connectivity index (χ0n) is 12.0. The van der Waals surface area contributed by atoms with Gasteiger partial charge in [-0.15, -0.1) is 11.3 Å². The first kappa shape index (κ1) is 14.5. The molecule has 2 atom stereocenters. The highest BCUT2D eigenvalue weighted by molar-refractivity contribution is 7.07. The number of aryl methyl sites for hydroxylation is 1. The van der Waals surface area contributed by atoms with Crippen LogP contribution in [0.1, 0.15) is 39.3 Å². The smallest absolute Gasteiger partial charge is 0.220 e. The highest BCUT2D eigenvalue weighted by atomic mass is 32.1. The molecule has 106 valence electrons. The molecule has 1 fully saturated rings. The van der Waals surface area contributed by atoms with E-state index in [0.717, 1.165) is 12.1 Å². The summed E-state index contributed by atoms with van der Waals surface area (Å²) in [5.41, 5.74) is 2.62. The largest absolute Gasteiger partial charge is 0.378 e. The minimum Gasteiger partial charge on any atom is -0.378 e. The van der Waals surface area contributed by atoms with Crippen molar-refractivity contribution in [3.05, 3.63) is 16.6 Å². The highest BCUT2D eigenvalue weighted by Gasteiger charge is 2.58. The van der Waals surface area contributed by atoms with E-state index < -0.39 is 0 Å². The maximum absolute atomic E-state index is 12.0. The van der Waals surface area contributed by atoms with Gasteiger partial charge in [0.15, 0.2) is 0 Å². The van der Waals surface area contributed by atoms with Crippen LogP contribution < -0.4 is 5.32 Å². The van der Waals surface area contributed by atoms with Crippen LogP contribution in [0.25, 0.3) is 0 Å². The van der Waals surface area contributed by atoms with Crippen molar-refractivity contribution in [2.24, 2.45) is 5.41 Å². The van der Waals surface area contributed by atoms with E-state index in [9.17, 15) is 4.79 Å². The molecule has 0 aliphatic heterocycles. The number of nitrogens with one attached hydrogen (secondary N) is 1. The zero-order chi connectivity index (χ0) is 14.1. The van der Waals surface area contributed by atoms with Crippen molar-refractivity contribution < 1.29 is 9.53 Å². The van der Waals surface area contributed by atoms with Crippen molar-refractivity contribution in [1.29, 1.82) is 0 Å². The van der Waals surface area contributed by atoms with Crippen LogP contribution in [-0.4, -0.2) is 29.6 Å². The van der Waals surface area contributed by atoms with Gasteiger partial charge in [0, 0.05) is 30.4 Å². The maximum atomic E-state index is 12.0. The molecule has 1 aromatic heterocycles. The minimum atomic E-state index is -0.139. The number of aromatic nitrogens is 1. The normalized spacial score (nSPS) is 28.7. The van der Waals surface area contributed by atoms with Crippen LogP contribution in [-0.2, 0) is 16.0 Å². The van der Waals surface area contributed by atoms with Crippen LogP contribution in [0.15, 0.2) is 10.9 Å². The number of hydrogen-bond acceptors (Lipinski definition) is 4. The number of carbonyl (C=O) groups is 1. The molecule has 19 heavy (non-hydrogen) atoms. The van der Waals surface area contributed by atoms with Crippen LogP contribution in [0.5, 0.6) is 0 Å². The summed E-state index contributed by atoms with van der Waals surface area (Å²) in [5, 5.41) is 5.10. The number of methoxy groups -OCH3 is 1. The standard InChI is InChI=1S/C14H22N2O2S/c1-13(2)11(7-14(13,3)18-4)16-12(17)6-5-10-8-19-9-15-10/h8-9,11H,5-7H2,1-4H3,(H,16,17)/t11-,14-/m1/s1. The predicted octanol–water partition coefficient (Wildman–Crippen LogP) is 2.40. The summed E-state index contributed by atoms with van der Waals surface area (Å²) in [6.45, 7) is 6.39. The highest BCUT2D eigenvalue weighted by Crippen LogP contribution is 2.51. The maximum Gasteiger partial charge on any atom is 0.220 e. The lowest BCUT2D eigenvalue weighted by atomic mass is 9.56. The molecule has 1 N–H and O–H groups in total. The molecule has 5 heteroatoms. The van der Waals surface area contributed by atoms with E-state index in [1.54, 1.807) is 24.0 Å². The molecule has 1 saturated carbocycles. The molecule has 4 nitrogen and oxygen atoms in total. The van der Waals surface area contributed by atoms with Crippen LogP contribution in [0.3, 0.4) is 0 Å². The second kappa shape index (κ2) is 5.21. The van der Waals surface area contributed by atoms with E-state index in [-0.39, 0.29) is 23.0 Å². The monoisotopic (exact) mass is 282 g/mol. The molecule has 0 spiro atoms. The van der Waals surface area contributed by atoms with Gasteiger partial charge in [-0.2, -0.15) is 0 Å². The fourth-order valence-corrected chi connectivity index (χ4v) is 3.19. The second-order valence-corrected chi connectivity index (χ2v) is 6.68. The Hall–Kier alpha value is -0.940. The number of rotatable bonds is 5. The molecule has 0 aromatic carbocycles. The Balaban J connectivity index is 1.81. The number of nitrogens with zero attached hydrogens (tertiary/aromatic N) is 1. The minimum absolute atomic E-state index is 0.0297. The Morgan fingerprint density at radius 2 is 2.32 bits per heavy atom. The first-order valence-electron chi connectivity index (χ1n) is 6.60. The molecule has 1 aliphatic carbocycles. The summed E-state index contributed by atoms with van der Waals surface area (Å²) in [6, 6.07) is 0.195. The van der Waals surface area contributed by atoms with Gasteiger partial charge in [-0.3, -0.25) is 4.79 Å². The SMILES string of the molecule is CO[C@]1(C)C[C@@H](NC(=O)CCc2cscn2)C1(C)C. The van der Waals surface area contributed by atoms with E-state index >= 15 is 0 Å². The van der Waals surface area contributed by atoms with Crippen molar-refractivity contribution in [3.63, 3.8) is 0 Å². The lowest BCUT2D eigenvalue weighted by molar-refractivity contribution is -0.182. The van der Waals surface area contributed by atoms with Crippen LogP contribution in [0.2, 0.25) is 0 Å². The van der Waals surface area contributed by atoms with E-state index in [1.165, 1.54) is 0 Å². The van der Waals surface area contributed by atoms with E-state index in [2.05, 4.69) is 31.1 Å².